The summed E-state index contributed by atoms with van der Waals surface area (Å²) in [6.45, 7) is 8.22. The van der Waals surface area contributed by atoms with E-state index in [4.69, 9.17) is 30.6 Å². The molecule has 4 aromatic rings. The Labute approximate surface area is 232 Å². The van der Waals surface area contributed by atoms with E-state index in [1.54, 1.807) is 19.2 Å². The maximum Gasteiger partial charge on any atom is 0.227 e. The highest BCUT2D eigenvalue weighted by molar-refractivity contribution is 6.32. The quantitative estimate of drug-likeness (QED) is 0.311. The average Bonchev–Trinajstić information content (AvgIpc) is 3.65. The minimum Gasteiger partial charge on any atom is -0.495 e. The van der Waals surface area contributed by atoms with Gasteiger partial charge in [-0.25, -0.2) is 4.98 Å². The molecule has 2 atom stereocenters. The highest BCUT2D eigenvalue weighted by atomic mass is 35.5. The van der Waals surface area contributed by atoms with Crippen LogP contribution in [0.1, 0.15) is 37.3 Å². The highest BCUT2D eigenvalue weighted by Gasteiger charge is 2.37. The van der Waals surface area contributed by atoms with Crippen LogP contribution in [-0.4, -0.2) is 65.0 Å². The maximum atomic E-state index is 13.2. The van der Waals surface area contributed by atoms with Crippen LogP contribution in [0.15, 0.2) is 47.1 Å². The van der Waals surface area contributed by atoms with Crippen molar-refractivity contribution in [1.29, 1.82) is 0 Å². The van der Waals surface area contributed by atoms with E-state index in [0.29, 0.717) is 23.6 Å². The Hall–Kier alpha value is -3.40. The molecule has 0 spiro atoms. The molecule has 0 radical (unpaired) electrons. The number of amides is 1. The number of carbonyl (C=O) groups is 1. The number of fused-ring (bicyclic) bond motifs is 1. The number of methoxy groups -OCH3 is 1. The minimum absolute atomic E-state index is 0.0556. The largest absolute Gasteiger partial charge is 0.495 e. The fourth-order valence-corrected chi connectivity index (χ4v) is 5.93. The molecule has 0 saturated carbocycles. The first-order valence-corrected chi connectivity index (χ1v) is 13.7. The smallest absolute Gasteiger partial charge is 0.227 e. The van der Waals surface area contributed by atoms with Crippen molar-refractivity contribution >= 4 is 34.2 Å². The molecular weight excluding hydrogens is 518 g/mol. The van der Waals surface area contributed by atoms with Gasteiger partial charge < -0.3 is 23.5 Å². The number of hydrogen-bond acceptors (Lipinski definition) is 7. The Bertz CT molecular complexity index is 1510. The first kappa shape index (κ1) is 25.9. The van der Waals surface area contributed by atoms with Crippen molar-refractivity contribution < 1.29 is 18.8 Å². The summed E-state index contributed by atoms with van der Waals surface area (Å²) in [6.07, 6.45) is 3.23. The molecule has 39 heavy (non-hydrogen) atoms. The Morgan fingerprint density at radius 3 is 2.77 bits per heavy atom. The van der Waals surface area contributed by atoms with Crippen molar-refractivity contribution in [3.8, 4) is 17.0 Å². The van der Waals surface area contributed by atoms with E-state index >= 15 is 0 Å². The summed E-state index contributed by atoms with van der Waals surface area (Å²) in [7, 11) is 1.58. The predicted molar refractivity (Wildman–Crippen MR) is 149 cm³/mol. The van der Waals surface area contributed by atoms with Crippen molar-refractivity contribution in [3.63, 3.8) is 0 Å². The van der Waals surface area contributed by atoms with Gasteiger partial charge >= 0.3 is 0 Å². The zero-order chi connectivity index (χ0) is 27.1. The van der Waals surface area contributed by atoms with Crippen molar-refractivity contribution in [2.24, 2.45) is 0 Å². The third-order valence-corrected chi connectivity index (χ3v) is 8.10. The van der Waals surface area contributed by atoms with E-state index < -0.39 is 0 Å². The second kappa shape index (κ2) is 10.6. The minimum atomic E-state index is -0.214. The number of benzene rings is 2. The van der Waals surface area contributed by atoms with Gasteiger partial charge in [0.05, 0.1) is 42.8 Å². The number of aromatic nitrogens is 3. The second-order valence-corrected chi connectivity index (χ2v) is 10.7. The van der Waals surface area contributed by atoms with E-state index in [-0.39, 0.29) is 18.0 Å². The maximum absolute atomic E-state index is 13.2. The summed E-state index contributed by atoms with van der Waals surface area (Å²) in [5, 5.41) is 5.54. The standard InChI is InChI=1S/C29H32ClN5O4/c1-18(33-10-12-38-13-11-33)16-34-17-24(20-4-7-26-22(14-20)19(2)32-39-26)31-29(34)25-6-9-28(36)35(25)21-5-8-27(37-3)23(30)15-21/h4-5,7-8,14-15,17-18,25H,6,9-13,16H2,1-3H3/t18-,25-/m0/s1. The molecule has 0 bridgehead atoms. The molecule has 2 aliphatic heterocycles. The van der Waals surface area contributed by atoms with Crippen molar-refractivity contribution in [2.45, 2.75) is 45.3 Å². The molecule has 2 aromatic carbocycles. The van der Waals surface area contributed by atoms with Gasteiger partial charge in [-0.15, -0.1) is 0 Å². The van der Waals surface area contributed by atoms with Crippen LogP contribution in [0.2, 0.25) is 5.02 Å². The van der Waals surface area contributed by atoms with E-state index in [1.807, 2.05) is 30.0 Å². The van der Waals surface area contributed by atoms with Gasteiger partial charge in [-0.3, -0.25) is 9.69 Å². The van der Waals surface area contributed by atoms with E-state index in [2.05, 4.69) is 33.8 Å². The molecule has 0 aliphatic carbocycles. The number of anilines is 1. The predicted octanol–water partition coefficient (Wildman–Crippen LogP) is 5.25. The van der Waals surface area contributed by atoms with Gasteiger partial charge in [0.2, 0.25) is 5.91 Å². The van der Waals surface area contributed by atoms with Crippen molar-refractivity contribution in [3.05, 3.63) is 59.1 Å². The first-order valence-electron chi connectivity index (χ1n) is 13.3. The Kier molecular flexibility index (Phi) is 7.05. The molecular formula is C29H32ClN5O4. The lowest BCUT2D eigenvalue weighted by molar-refractivity contribution is -0.117. The number of morpholine rings is 1. The van der Waals surface area contributed by atoms with Gasteiger partial charge in [0.1, 0.15) is 11.6 Å². The fourth-order valence-electron chi connectivity index (χ4n) is 5.68. The topological polar surface area (TPSA) is 85.9 Å². The molecule has 6 rings (SSSR count). The van der Waals surface area contributed by atoms with Crippen LogP contribution in [0.4, 0.5) is 5.69 Å². The number of ether oxygens (including phenoxy) is 2. The third kappa shape index (κ3) is 4.90. The monoisotopic (exact) mass is 549 g/mol. The van der Waals surface area contributed by atoms with Crippen molar-refractivity contribution in [2.75, 3.05) is 38.3 Å². The van der Waals surface area contributed by atoms with Crippen LogP contribution < -0.4 is 9.64 Å². The summed E-state index contributed by atoms with van der Waals surface area (Å²) < 4.78 is 18.5. The second-order valence-electron chi connectivity index (χ2n) is 10.3. The molecule has 1 amide bonds. The van der Waals surface area contributed by atoms with E-state index in [9.17, 15) is 4.79 Å². The Morgan fingerprint density at radius 2 is 2.00 bits per heavy atom. The van der Waals surface area contributed by atoms with Crippen LogP contribution in [0.5, 0.6) is 5.75 Å². The van der Waals surface area contributed by atoms with Gasteiger partial charge in [0.25, 0.3) is 0 Å². The lowest BCUT2D eigenvalue weighted by Gasteiger charge is -2.33. The molecule has 204 valence electrons. The fraction of sp³-hybridized carbons (Fsp3) is 0.414. The van der Waals surface area contributed by atoms with E-state index in [1.165, 1.54) is 0 Å². The molecule has 0 unspecified atom stereocenters. The number of carbonyl (C=O) groups excluding carboxylic acids is 1. The molecule has 2 aliphatic rings. The van der Waals surface area contributed by atoms with Crippen LogP contribution >= 0.6 is 11.6 Å². The average molecular weight is 550 g/mol. The number of hydrogen-bond donors (Lipinski definition) is 0. The highest BCUT2D eigenvalue weighted by Crippen LogP contribution is 2.40. The van der Waals surface area contributed by atoms with Gasteiger partial charge in [-0.1, -0.05) is 16.8 Å². The zero-order valence-electron chi connectivity index (χ0n) is 22.4. The number of rotatable bonds is 7. The lowest BCUT2D eigenvalue weighted by atomic mass is 10.1. The number of nitrogens with zero attached hydrogens (tertiary/aromatic N) is 5. The summed E-state index contributed by atoms with van der Waals surface area (Å²) >= 11 is 6.46. The molecule has 2 aromatic heterocycles. The summed E-state index contributed by atoms with van der Waals surface area (Å²) in [6, 6.07) is 11.6. The Morgan fingerprint density at radius 1 is 1.18 bits per heavy atom. The molecule has 2 fully saturated rings. The first-order chi connectivity index (χ1) is 18.9. The lowest BCUT2D eigenvalue weighted by Crippen LogP contribution is -2.44. The van der Waals surface area contributed by atoms with Gasteiger partial charge in [0.15, 0.2) is 5.58 Å². The summed E-state index contributed by atoms with van der Waals surface area (Å²) in [5.74, 6) is 1.50. The summed E-state index contributed by atoms with van der Waals surface area (Å²) in [5.41, 5.74) is 4.18. The van der Waals surface area contributed by atoms with Crippen LogP contribution in [0, 0.1) is 6.92 Å². The summed E-state index contributed by atoms with van der Waals surface area (Å²) in [4.78, 5) is 22.7. The van der Waals surface area contributed by atoms with Crippen LogP contribution in [-0.2, 0) is 16.1 Å². The number of aryl methyl sites for hydroxylation is 1. The number of imidazole rings is 1. The van der Waals surface area contributed by atoms with Crippen LogP contribution in [0.25, 0.3) is 22.2 Å². The normalized spacial score (nSPS) is 19.2. The Balaban J connectivity index is 1.40. The van der Waals surface area contributed by atoms with Gasteiger partial charge in [-0.2, -0.15) is 0 Å². The molecule has 4 heterocycles. The number of halogens is 1. The molecule has 0 N–H and O–H groups in total. The van der Waals surface area contributed by atoms with Gasteiger partial charge in [-0.05, 0) is 56.7 Å². The molecule has 10 heteroatoms. The zero-order valence-corrected chi connectivity index (χ0v) is 23.1. The SMILES string of the molecule is COc1ccc(N2C(=O)CC[C@H]2c2nc(-c3ccc4onc(C)c4c3)cn2C[C@H](C)N2CCOCC2)cc1Cl. The molecule has 2 saturated heterocycles. The molecule has 9 nitrogen and oxygen atoms in total. The third-order valence-electron chi connectivity index (χ3n) is 7.81. The van der Waals surface area contributed by atoms with Crippen LogP contribution in [0.3, 0.4) is 0 Å². The van der Waals surface area contributed by atoms with E-state index in [0.717, 1.165) is 72.3 Å². The van der Waals surface area contributed by atoms with Gasteiger partial charge in [0, 0.05) is 54.9 Å². The van der Waals surface area contributed by atoms with Crippen molar-refractivity contribution in [1.82, 2.24) is 19.6 Å².